The van der Waals surface area contributed by atoms with E-state index in [0.29, 0.717) is 12.3 Å². The van der Waals surface area contributed by atoms with Gasteiger partial charge in [-0.25, -0.2) is 8.42 Å². The SMILES string of the molecule is CCCS(=O)(=O)CCNCCC1=CCCCC1. The van der Waals surface area contributed by atoms with Gasteiger partial charge < -0.3 is 5.32 Å². The molecule has 0 heterocycles. The van der Waals surface area contributed by atoms with E-state index in [0.717, 1.165) is 19.4 Å². The third-order valence-electron chi connectivity index (χ3n) is 3.11. The minimum Gasteiger partial charge on any atom is -0.315 e. The van der Waals surface area contributed by atoms with Crippen LogP contribution in [-0.4, -0.2) is 33.0 Å². The number of rotatable bonds is 8. The fraction of sp³-hybridized carbons (Fsp3) is 0.846. The molecule has 1 rings (SSSR count). The fourth-order valence-corrected chi connectivity index (χ4v) is 3.43. The van der Waals surface area contributed by atoms with Crippen molar-refractivity contribution in [1.29, 1.82) is 0 Å². The average molecular weight is 259 g/mol. The van der Waals surface area contributed by atoms with E-state index in [4.69, 9.17) is 0 Å². The molecule has 0 aliphatic heterocycles. The van der Waals surface area contributed by atoms with Crippen molar-refractivity contribution >= 4 is 9.84 Å². The summed E-state index contributed by atoms with van der Waals surface area (Å²) in [6, 6.07) is 0. The minimum atomic E-state index is -2.81. The van der Waals surface area contributed by atoms with Gasteiger partial charge in [0.15, 0.2) is 9.84 Å². The molecule has 0 amide bonds. The van der Waals surface area contributed by atoms with Gasteiger partial charge in [-0.15, -0.1) is 0 Å². The molecule has 0 aromatic heterocycles. The second-order valence-electron chi connectivity index (χ2n) is 4.76. The maximum absolute atomic E-state index is 11.4. The molecule has 1 aliphatic carbocycles. The minimum absolute atomic E-state index is 0.278. The molecule has 4 heteroatoms. The molecule has 100 valence electrons. The third kappa shape index (κ3) is 6.84. The summed E-state index contributed by atoms with van der Waals surface area (Å²) in [7, 11) is -2.81. The van der Waals surface area contributed by atoms with Gasteiger partial charge in [0.05, 0.1) is 5.75 Å². The van der Waals surface area contributed by atoms with Crippen LogP contribution in [0.3, 0.4) is 0 Å². The Morgan fingerprint density at radius 2 is 2.06 bits per heavy atom. The molecular formula is C13H25NO2S. The third-order valence-corrected chi connectivity index (χ3v) is 4.97. The Morgan fingerprint density at radius 3 is 2.71 bits per heavy atom. The highest BCUT2D eigenvalue weighted by atomic mass is 32.2. The van der Waals surface area contributed by atoms with E-state index < -0.39 is 9.84 Å². The van der Waals surface area contributed by atoms with Gasteiger partial charge >= 0.3 is 0 Å². The van der Waals surface area contributed by atoms with E-state index in [1.165, 1.54) is 25.7 Å². The summed E-state index contributed by atoms with van der Waals surface area (Å²) in [5.74, 6) is 0.597. The first-order valence-corrected chi connectivity index (χ1v) is 8.55. The predicted octanol–water partition coefficient (Wildman–Crippen LogP) is 2.29. The van der Waals surface area contributed by atoms with Gasteiger partial charge in [0.1, 0.15) is 0 Å². The van der Waals surface area contributed by atoms with E-state index in [9.17, 15) is 8.42 Å². The second-order valence-corrected chi connectivity index (χ2v) is 7.06. The zero-order valence-electron chi connectivity index (χ0n) is 10.9. The molecule has 0 atom stereocenters. The number of hydrogen-bond acceptors (Lipinski definition) is 3. The van der Waals surface area contributed by atoms with Gasteiger partial charge in [0, 0.05) is 12.3 Å². The van der Waals surface area contributed by atoms with Crippen molar-refractivity contribution in [2.75, 3.05) is 24.6 Å². The Balaban J connectivity index is 2.06. The number of nitrogens with one attached hydrogen (secondary N) is 1. The summed E-state index contributed by atoms with van der Waals surface area (Å²) >= 11 is 0. The van der Waals surface area contributed by atoms with Crippen LogP contribution in [0.15, 0.2) is 11.6 Å². The summed E-state index contributed by atoms with van der Waals surface area (Å²) in [4.78, 5) is 0. The first-order valence-electron chi connectivity index (χ1n) is 6.73. The molecule has 0 unspecified atom stereocenters. The smallest absolute Gasteiger partial charge is 0.151 e. The highest BCUT2D eigenvalue weighted by Crippen LogP contribution is 2.19. The molecule has 1 N–H and O–H groups in total. The predicted molar refractivity (Wildman–Crippen MR) is 73.0 cm³/mol. The number of sulfone groups is 1. The Bertz CT molecular complexity index is 333. The van der Waals surface area contributed by atoms with Crippen molar-refractivity contribution in [3.8, 4) is 0 Å². The van der Waals surface area contributed by atoms with Crippen LogP contribution >= 0.6 is 0 Å². The van der Waals surface area contributed by atoms with Gasteiger partial charge in [-0.1, -0.05) is 18.6 Å². The summed E-state index contributed by atoms with van der Waals surface area (Å²) in [5.41, 5.74) is 1.54. The van der Waals surface area contributed by atoms with Gasteiger partial charge in [-0.3, -0.25) is 0 Å². The Hall–Kier alpha value is -0.350. The lowest BCUT2D eigenvalue weighted by atomic mass is 9.97. The Labute approximate surface area is 106 Å². The van der Waals surface area contributed by atoms with E-state index in [-0.39, 0.29) is 5.75 Å². The van der Waals surface area contributed by atoms with Crippen molar-refractivity contribution < 1.29 is 8.42 Å². The summed E-state index contributed by atoms with van der Waals surface area (Å²) in [6.07, 6.45) is 9.24. The Morgan fingerprint density at radius 1 is 1.24 bits per heavy atom. The van der Waals surface area contributed by atoms with Crippen LogP contribution in [0.4, 0.5) is 0 Å². The first kappa shape index (κ1) is 14.7. The zero-order chi connectivity index (χ0) is 12.6. The quantitative estimate of drug-likeness (QED) is 0.537. The highest BCUT2D eigenvalue weighted by molar-refractivity contribution is 7.91. The molecule has 0 bridgehead atoms. The van der Waals surface area contributed by atoms with Gasteiger partial charge in [0.25, 0.3) is 0 Å². The zero-order valence-corrected chi connectivity index (χ0v) is 11.7. The molecule has 0 saturated carbocycles. The van der Waals surface area contributed by atoms with Gasteiger partial charge in [-0.05, 0) is 45.1 Å². The van der Waals surface area contributed by atoms with Gasteiger partial charge in [0.2, 0.25) is 0 Å². The van der Waals surface area contributed by atoms with Crippen molar-refractivity contribution in [3.05, 3.63) is 11.6 Å². The molecule has 0 saturated heterocycles. The van der Waals surface area contributed by atoms with Crippen molar-refractivity contribution in [3.63, 3.8) is 0 Å². The summed E-state index contributed by atoms with van der Waals surface area (Å²) < 4.78 is 22.9. The fourth-order valence-electron chi connectivity index (χ4n) is 2.15. The average Bonchev–Trinajstić information content (AvgIpc) is 2.30. The summed E-state index contributed by atoms with van der Waals surface area (Å²) in [5, 5.41) is 3.23. The van der Waals surface area contributed by atoms with Crippen LogP contribution in [-0.2, 0) is 9.84 Å². The standard InChI is InChI=1S/C13H25NO2S/c1-2-11-17(15,16)12-10-14-9-8-13-6-4-3-5-7-13/h6,14H,2-5,7-12H2,1H3. The normalized spacial score (nSPS) is 16.9. The number of hydrogen-bond donors (Lipinski definition) is 1. The van der Waals surface area contributed by atoms with Crippen LogP contribution in [0.25, 0.3) is 0 Å². The Kier molecular flexibility index (Phi) is 6.82. The lowest BCUT2D eigenvalue weighted by Gasteiger charge is -2.12. The molecule has 3 nitrogen and oxygen atoms in total. The number of allylic oxidation sites excluding steroid dienone is 1. The van der Waals surface area contributed by atoms with Crippen molar-refractivity contribution in [2.45, 2.75) is 45.4 Å². The molecule has 17 heavy (non-hydrogen) atoms. The maximum atomic E-state index is 11.4. The molecule has 1 aliphatic rings. The van der Waals surface area contributed by atoms with E-state index >= 15 is 0 Å². The monoisotopic (exact) mass is 259 g/mol. The topological polar surface area (TPSA) is 46.2 Å². The lowest BCUT2D eigenvalue weighted by Crippen LogP contribution is -2.25. The molecule has 0 spiro atoms. The van der Waals surface area contributed by atoms with E-state index in [1.807, 2.05) is 6.92 Å². The molecule has 0 aromatic rings. The van der Waals surface area contributed by atoms with Crippen molar-refractivity contribution in [2.24, 2.45) is 0 Å². The molecule has 0 radical (unpaired) electrons. The molecular weight excluding hydrogens is 234 g/mol. The largest absolute Gasteiger partial charge is 0.315 e. The van der Waals surface area contributed by atoms with Crippen LogP contribution in [0.2, 0.25) is 0 Å². The highest BCUT2D eigenvalue weighted by Gasteiger charge is 2.08. The van der Waals surface area contributed by atoms with E-state index in [2.05, 4.69) is 11.4 Å². The van der Waals surface area contributed by atoms with Crippen LogP contribution in [0.1, 0.15) is 45.4 Å². The second kappa shape index (κ2) is 7.88. The van der Waals surface area contributed by atoms with Gasteiger partial charge in [-0.2, -0.15) is 0 Å². The summed E-state index contributed by atoms with van der Waals surface area (Å²) in [6.45, 7) is 3.41. The van der Waals surface area contributed by atoms with Crippen molar-refractivity contribution in [1.82, 2.24) is 5.32 Å². The lowest BCUT2D eigenvalue weighted by molar-refractivity contribution is 0.588. The van der Waals surface area contributed by atoms with Crippen LogP contribution in [0.5, 0.6) is 0 Å². The maximum Gasteiger partial charge on any atom is 0.151 e. The van der Waals surface area contributed by atoms with Crippen LogP contribution in [0, 0.1) is 0 Å². The van der Waals surface area contributed by atoms with E-state index in [1.54, 1.807) is 5.57 Å². The first-order chi connectivity index (χ1) is 8.14. The molecule has 0 fully saturated rings. The molecule has 0 aromatic carbocycles. The van der Waals surface area contributed by atoms with Crippen LogP contribution < -0.4 is 5.32 Å².